The minimum Gasteiger partial charge on any atom is -0.462 e. The zero-order chi connectivity index (χ0) is 21.8. The van der Waals surface area contributed by atoms with Crippen LogP contribution in [-0.2, 0) is 16.1 Å². The molecule has 0 saturated carbocycles. The lowest BCUT2D eigenvalue weighted by Gasteiger charge is -2.13. The molecule has 0 aliphatic heterocycles. The molecule has 2 aromatic heterocycles. The largest absolute Gasteiger partial charge is 0.462 e. The SMILES string of the molecule is CCOC(=O)c1cn(CC(=O)Nc2ccc(C(C)=O)cc2)c2nc(C)ccc2c1=O. The van der Waals surface area contributed by atoms with Crippen molar-refractivity contribution in [2.75, 3.05) is 11.9 Å². The number of nitrogens with zero attached hydrogens (tertiary/aromatic N) is 2. The van der Waals surface area contributed by atoms with Crippen molar-refractivity contribution in [2.45, 2.75) is 27.3 Å². The van der Waals surface area contributed by atoms with E-state index in [4.69, 9.17) is 4.74 Å². The molecule has 0 atom stereocenters. The number of rotatable bonds is 6. The lowest BCUT2D eigenvalue weighted by atomic mass is 10.1. The van der Waals surface area contributed by atoms with Crippen LogP contribution in [0, 0.1) is 6.92 Å². The molecule has 1 aromatic carbocycles. The van der Waals surface area contributed by atoms with E-state index in [2.05, 4.69) is 10.3 Å². The number of Topliss-reactive ketones (excluding diaryl/α,β-unsaturated/α-hetero) is 1. The fourth-order valence-corrected chi connectivity index (χ4v) is 2.98. The van der Waals surface area contributed by atoms with Crippen LogP contribution in [0.25, 0.3) is 11.0 Å². The number of amides is 1. The van der Waals surface area contributed by atoms with E-state index in [-0.39, 0.29) is 35.8 Å². The van der Waals surface area contributed by atoms with Crippen molar-refractivity contribution < 1.29 is 19.1 Å². The molecule has 3 aromatic rings. The van der Waals surface area contributed by atoms with Gasteiger partial charge in [-0.2, -0.15) is 0 Å². The second kappa shape index (κ2) is 8.69. The summed E-state index contributed by atoms with van der Waals surface area (Å²) in [6, 6.07) is 9.75. The molecule has 0 spiro atoms. The van der Waals surface area contributed by atoms with Gasteiger partial charge in [-0.15, -0.1) is 0 Å². The van der Waals surface area contributed by atoms with Crippen molar-refractivity contribution in [1.29, 1.82) is 0 Å². The Balaban J connectivity index is 1.95. The summed E-state index contributed by atoms with van der Waals surface area (Å²) < 4.78 is 6.42. The van der Waals surface area contributed by atoms with Crippen LogP contribution < -0.4 is 10.7 Å². The molecule has 8 nitrogen and oxygen atoms in total. The van der Waals surface area contributed by atoms with Gasteiger partial charge in [0.2, 0.25) is 11.3 Å². The highest BCUT2D eigenvalue weighted by atomic mass is 16.5. The molecule has 1 amide bonds. The monoisotopic (exact) mass is 407 g/mol. The second-order valence-corrected chi connectivity index (χ2v) is 6.73. The van der Waals surface area contributed by atoms with E-state index < -0.39 is 11.4 Å². The summed E-state index contributed by atoms with van der Waals surface area (Å²) in [5.41, 5.74) is 1.37. The maximum absolute atomic E-state index is 12.7. The van der Waals surface area contributed by atoms with Gasteiger partial charge in [-0.25, -0.2) is 9.78 Å². The molecule has 8 heteroatoms. The Bertz CT molecular complexity index is 1200. The van der Waals surface area contributed by atoms with Crippen LogP contribution in [0.15, 0.2) is 47.4 Å². The van der Waals surface area contributed by atoms with Crippen molar-refractivity contribution in [3.8, 4) is 0 Å². The molecule has 0 bridgehead atoms. The molecule has 3 rings (SSSR count). The standard InChI is InChI=1S/C22H21N3O5/c1-4-30-22(29)18-11-25(21-17(20(18)28)10-5-13(2)23-21)12-19(27)24-16-8-6-15(7-9-16)14(3)26/h5-11H,4,12H2,1-3H3,(H,24,27). The summed E-state index contributed by atoms with van der Waals surface area (Å²) in [6.45, 7) is 4.83. The Kier molecular flexibility index (Phi) is 6.06. The smallest absolute Gasteiger partial charge is 0.343 e. The quantitative estimate of drug-likeness (QED) is 0.497. The average molecular weight is 407 g/mol. The number of ketones is 1. The summed E-state index contributed by atoms with van der Waals surface area (Å²) in [5, 5.41) is 2.96. The fraction of sp³-hybridized carbons (Fsp3) is 0.227. The van der Waals surface area contributed by atoms with Crippen LogP contribution in [0.4, 0.5) is 5.69 Å². The number of esters is 1. The molecule has 0 radical (unpaired) electrons. The molecule has 30 heavy (non-hydrogen) atoms. The Morgan fingerprint density at radius 2 is 1.80 bits per heavy atom. The van der Waals surface area contributed by atoms with Crippen LogP contribution >= 0.6 is 0 Å². The molecule has 1 N–H and O–H groups in total. The van der Waals surface area contributed by atoms with E-state index in [0.29, 0.717) is 22.6 Å². The Morgan fingerprint density at radius 3 is 2.43 bits per heavy atom. The van der Waals surface area contributed by atoms with Crippen molar-refractivity contribution in [1.82, 2.24) is 9.55 Å². The number of aryl methyl sites for hydroxylation is 1. The number of hydrogen-bond donors (Lipinski definition) is 1. The summed E-state index contributed by atoms with van der Waals surface area (Å²) >= 11 is 0. The van der Waals surface area contributed by atoms with Crippen LogP contribution in [0.3, 0.4) is 0 Å². The van der Waals surface area contributed by atoms with Crippen molar-refractivity contribution in [2.24, 2.45) is 0 Å². The first kappa shape index (κ1) is 20.9. The number of anilines is 1. The van der Waals surface area contributed by atoms with Gasteiger partial charge in [-0.3, -0.25) is 14.4 Å². The molecular weight excluding hydrogens is 386 g/mol. The third-order valence-corrected chi connectivity index (χ3v) is 4.45. The fourth-order valence-electron chi connectivity index (χ4n) is 2.98. The summed E-state index contributed by atoms with van der Waals surface area (Å²) in [5.74, 6) is -1.20. The molecule has 2 heterocycles. The van der Waals surface area contributed by atoms with Crippen LogP contribution in [0.5, 0.6) is 0 Å². The van der Waals surface area contributed by atoms with Crippen LogP contribution in [-0.4, -0.2) is 33.8 Å². The van der Waals surface area contributed by atoms with E-state index in [1.807, 2.05) is 0 Å². The molecule has 0 aliphatic rings. The van der Waals surface area contributed by atoms with Crippen LogP contribution in [0.1, 0.15) is 40.3 Å². The number of nitrogens with one attached hydrogen (secondary N) is 1. The van der Waals surface area contributed by atoms with Gasteiger partial charge in [0, 0.05) is 23.1 Å². The number of fused-ring (bicyclic) bond motifs is 1. The van der Waals surface area contributed by atoms with E-state index in [0.717, 1.165) is 0 Å². The van der Waals surface area contributed by atoms with Crippen molar-refractivity contribution in [3.05, 3.63) is 69.6 Å². The zero-order valence-electron chi connectivity index (χ0n) is 16.9. The molecular formula is C22H21N3O5. The van der Waals surface area contributed by atoms with Gasteiger partial charge in [0.15, 0.2) is 5.78 Å². The third kappa shape index (κ3) is 4.43. The molecule has 154 valence electrons. The highest BCUT2D eigenvalue weighted by molar-refractivity contribution is 5.96. The lowest BCUT2D eigenvalue weighted by molar-refractivity contribution is -0.116. The van der Waals surface area contributed by atoms with E-state index in [9.17, 15) is 19.2 Å². The van der Waals surface area contributed by atoms with Gasteiger partial charge in [0.05, 0.1) is 12.0 Å². The highest BCUT2D eigenvalue weighted by Crippen LogP contribution is 2.14. The number of pyridine rings is 2. The van der Waals surface area contributed by atoms with Crippen molar-refractivity contribution in [3.63, 3.8) is 0 Å². The van der Waals surface area contributed by atoms with Gasteiger partial charge in [-0.05, 0) is 57.2 Å². The minimum absolute atomic E-state index is 0.0689. The van der Waals surface area contributed by atoms with Crippen molar-refractivity contribution >= 4 is 34.4 Å². The van der Waals surface area contributed by atoms with Gasteiger partial charge >= 0.3 is 5.97 Å². The van der Waals surface area contributed by atoms with E-state index in [1.165, 1.54) is 17.7 Å². The second-order valence-electron chi connectivity index (χ2n) is 6.73. The Morgan fingerprint density at radius 1 is 1.10 bits per heavy atom. The molecule has 0 aliphatic carbocycles. The average Bonchev–Trinajstić information content (AvgIpc) is 2.70. The van der Waals surface area contributed by atoms with Gasteiger partial charge in [0.1, 0.15) is 17.8 Å². The topological polar surface area (TPSA) is 107 Å². The van der Waals surface area contributed by atoms with E-state index >= 15 is 0 Å². The molecule has 0 fully saturated rings. The predicted octanol–water partition coefficient (Wildman–Crippen LogP) is 2.72. The summed E-state index contributed by atoms with van der Waals surface area (Å²) in [4.78, 5) is 53.2. The van der Waals surface area contributed by atoms with Gasteiger partial charge < -0.3 is 14.6 Å². The third-order valence-electron chi connectivity index (χ3n) is 4.45. The number of benzene rings is 1. The van der Waals surface area contributed by atoms with E-state index in [1.54, 1.807) is 50.2 Å². The van der Waals surface area contributed by atoms with Crippen LogP contribution in [0.2, 0.25) is 0 Å². The Hall–Kier alpha value is -3.81. The number of aromatic nitrogens is 2. The normalized spacial score (nSPS) is 10.6. The Labute approximate surface area is 172 Å². The van der Waals surface area contributed by atoms with Gasteiger partial charge in [-0.1, -0.05) is 0 Å². The number of carbonyl (C=O) groups is 3. The first-order valence-corrected chi connectivity index (χ1v) is 9.39. The minimum atomic E-state index is -0.751. The summed E-state index contributed by atoms with van der Waals surface area (Å²) in [6.07, 6.45) is 1.30. The van der Waals surface area contributed by atoms with Gasteiger partial charge in [0.25, 0.3) is 0 Å². The lowest BCUT2D eigenvalue weighted by Crippen LogP contribution is -2.25. The number of hydrogen-bond acceptors (Lipinski definition) is 6. The number of ether oxygens (including phenoxy) is 1. The number of carbonyl (C=O) groups excluding carboxylic acids is 3. The maximum atomic E-state index is 12.7. The zero-order valence-corrected chi connectivity index (χ0v) is 16.9. The molecule has 0 unspecified atom stereocenters. The highest BCUT2D eigenvalue weighted by Gasteiger charge is 2.18. The maximum Gasteiger partial charge on any atom is 0.343 e. The molecule has 0 saturated heterocycles. The first-order valence-electron chi connectivity index (χ1n) is 9.39. The predicted molar refractivity (Wildman–Crippen MR) is 112 cm³/mol. The summed E-state index contributed by atoms with van der Waals surface area (Å²) in [7, 11) is 0. The first-order chi connectivity index (χ1) is 14.3.